The fourth-order valence-electron chi connectivity index (χ4n) is 1.59. The molecule has 2 aromatic heterocycles. The standard InChI is InChI=1S/C11H14N4O3/c1-4-5-18-7-6-12-9-8(13-7)10(16)15(3)11(17)14(9)2/h6H,4-5H2,1-3H3. The van der Waals surface area contributed by atoms with E-state index in [-0.39, 0.29) is 11.2 Å². The molecule has 0 aliphatic carbocycles. The van der Waals surface area contributed by atoms with Crippen LogP contribution >= 0.6 is 0 Å². The highest BCUT2D eigenvalue weighted by atomic mass is 16.5. The van der Waals surface area contributed by atoms with E-state index in [1.54, 1.807) is 7.05 Å². The van der Waals surface area contributed by atoms with Crippen molar-refractivity contribution >= 4 is 11.2 Å². The maximum Gasteiger partial charge on any atom is 0.332 e. The van der Waals surface area contributed by atoms with Crippen LogP contribution in [0.1, 0.15) is 13.3 Å². The fraction of sp³-hybridized carbons (Fsp3) is 0.455. The smallest absolute Gasteiger partial charge is 0.332 e. The van der Waals surface area contributed by atoms with E-state index in [1.165, 1.54) is 17.8 Å². The van der Waals surface area contributed by atoms with Gasteiger partial charge in [0.25, 0.3) is 5.56 Å². The minimum Gasteiger partial charge on any atom is -0.477 e. The Morgan fingerprint density at radius 1 is 1.28 bits per heavy atom. The number of fused-ring (bicyclic) bond motifs is 1. The first-order valence-corrected chi connectivity index (χ1v) is 5.61. The topological polar surface area (TPSA) is 79.0 Å². The summed E-state index contributed by atoms with van der Waals surface area (Å²) in [6, 6.07) is 0. The zero-order valence-corrected chi connectivity index (χ0v) is 10.5. The van der Waals surface area contributed by atoms with Crippen LogP contribution in [0, 0.1) is 0 Å². The van der Waals surface area contributed by atoms with Crippen molar-refractivity contribution in [1.29, 1.82) is 0 Å². The molecule has 2 aromatic rings. The fourth-order valence-corrected chi connectivity index (χ4v) is 1.59. The molecular formula is C11H14N4O3. The summed E-state index contributed by atoms with van der Waals surface area (Å²) >= 11 is 0. The lowest BCUT2D eigenvalue weighted by Crippen LogP contribution is -2.37. The first-order valence-electron chi connectivity index (χ1n) is 5.61. The number of ether oxygens (including phenoxy) is 1. The Hall–Kier alpha value is -2.18. The molecule has 2 heterocycles. The van der Waals surface area contributed by atoms with Crippen LogP contribution in [0.25, 0.3) is 11.2 Å². The van der Waals surface area contributed by atoms with Gasteiger partial charge in [0.05, 0.1) is 12.8 Å². The molecule has 0 unspecified atom stereocenters. The lowest BCUT2D eigenvalue weighted by molar-refractivity contribution is 0.305. The van der Waals surface area contributed by atoms with Crippen LogP contribution in [0.2, 0.25) is 0 Å². The second-order valence-corrected chi connectivity index (χ2v) is 3.93. The SMILES string of the molecule is CCCOc1cnc2c(n1)c(=O)n(C)c(=O)n2C. The van der Waals surface area contributed by atoms with Gasteiger partial charge in [0.2, 0.25) is 5.88 Å². The number of rotatable bonds is 3. The Balaban J connectivity index is 2.70. The molecule has 0 aromatic carbocycles. The van der Waals surface area contributed by atoms with E-state index < -0.39 is 11.2 Å². The molecule has 0 aliphatic heterocycles. The van der Waals surface area contributed by atoms with Crippen molar-refractivity contribution in [2.45, 2.75) is 13.3 Å². The molecule has 2 rings (SSSR count). The van der Waals surface area contributed by atoms with Crippen molar-refractivity contribution in [3.05, 3.63) is 27.0 Å². The summed E-state index contributed by atoms with van der Waals surface area (Å²) in [7, 11) is 2.96. The molecule has 0 saturated carbocycles. The number of hydrogen-bond acceptors (Lipinski definition) is 5. The molecule has 0 saturated heterocycles. The lowest BCUT2D eigenvalue weighted by atomic mass is 10.5. The molecule has 0 amide bonds. The molecule has 0 aliphatic rings. The van der Waals surface area contributed by atoms with Gasteiger partial charge in [-0.15, -0.1) is 0 Å². The molecule has 0 radical (unpaired) electrons. The van der Waals surface area contributed by atoms with Gasteiger partial charge >= 0.3 is 5.69 Å². The largest absolute Gasteiger partial charge is 0.477 e. The van der Waals surface area contributed by atoms with Gasteiger partial charge in [-0.05, 0) is 6.42 Å². The number of hydrogen-bond donors (Lipinski definition) is 0. The van der Waals surface area contributed by atoms with Gasteiger partial charge in [-0.2, -0.15) is 0 Å². The van der Waals surface area contributed by atoms with E-state index in [1.807, 2.05) is 6.92 Å². The molecule has 0 bridgehead atoms. The van der Waals surface area contributed by atoms with E-state index in [4.69, 9.17) is 4.74 Å². The van der Waals surface area contributed by atoms with Crippen LogP contribution in [0.5, 0.6) is 5.88 Å². The molecular weight excluding hydrogens is 236 g/mol. The van der Waals surface area contributed by atoms with Gasteiger partial charge in [-0.25, -0.2) is 14.8 Å². The summed E-state index contributed by atoms with van der Waals surface area (Å²) in [5.41, 5.74) is -0.508. The van der Waals surface area contributed by atoms with Gasteiger partial charge in [-0.3, -0.25) is 13.9 Å². The van der Waals surface area contributed by atoms with E-state index in [0.29, 0.717) is 12.5 Å². The Morgan fingerprint density at radius 3 is 2.67 bits per heavy atom. The van der Waals surface area contributed by atoms with E-state index in [9.17, 15) is 9.59 Å². The van der Waals surface area contributed by atoms with E-state index >= 15 is 0 Å². The summed E-state index contributed by atoms with van der Waals surface area (Å²) in [6.45, 7) is 2.48. The predicted octanol–water partition coefficient (Wildman–Crippen LogP) is -0.184. The van der Waals surface area contributed by atoms with Crippen LogP contribution < -0.4 is 16.0 Å². The number of aryl methyl sites for hydroxylation is 1. The predicted molar refractivity (Wildman–Crippen MR) is 65.8 cm³/mol. The molecule has 0 fully saturated rings. The van der Waals surface area contributed by atoms with Crippen molar-refractivity contribution in [2.24, 2.45) is 14.1 Å². The molecule has 0 atom stereocenters. The van der Waals surface area contributed by atoms with Crippen molar-refractivity contribution in [3.8, 4) is 5.88 Å². The molecule has 18 heavy (non-hydrogen) atoms. The van der Waals surface area contributed by atoms with Gasteiger partial charge in [0.1, 0.15) is 0 Å². The van der Waals surface area contributed by atoms with Crippen LogP contribution in [0.15, 0.2) is 15.8 Å². The Bertz CT molecular complexity index is 702. The third-order valence-electron chi connectivity index (χ3n) is 2.58. The summed E-state index contributed by atoms with van der Waals surface area (Å²) in [6.07, 6.45) is 2.25. The monoisotopic (exact) mass is 250 g/mol. The summed E-state index contributed by atoms with van der Waals surface area (Å²) in [5.74, 6) is 0.292. The van der Waals surface area contributed by atoms with Crippen LogP contribution in [0.4, 0.5) is 0 Å². The normalized spacial score (nSPS) is 10.8. The van der Waals surface area contributed by atoms with Crippen LogP contribution in [-0.4, -0.2) is 25.7 Å². The van der Waals surface area contributed by atoms with E-state index in [2.05, 4.69) is 9.97 Å². The minimum absolute atomic E-state index is 0.133. The quantitative estimate of drug-likeness (QED) is 0.754. The zero-order chi connectivity index (χ0) is 13.3. The van der Waals surface area contributed by atoms with Gasteiger partial charge in [0.15, 0.2) is 11.2 Å². The first kappa shape index (κ1) is 12.3. The Morgan fingerprint density at radius 2 is 2.00 bits per heavy atom. The van der Waals surface area contributed by atoms with Crippen LogP contribution in [-0.2, 0) is 14.1 Å². The third-order valence-corrected chi connectivity index (χ3v) is 2.58. The van der Waals surface area contributed by atoms with Gasteiger partial charge in [0, 0.05) is 14.1 Å². The molecule has 0 spiro atoms. The van der Waals surface area contributed by atoms with Gasteiger partial charge < -0.3 is 4.74 Å². The van der Waals surface area contributed by atoms with E-state index in [0.717, 1.165) is 11.0 Å². The Labute approximate surface area is 103 Å². The van der Waals surface area contributed by atoms with Crippen molar-refractivity contribution in [3.63, 3.8) is 0 Å². The maximum absolute atomic E-state index is 11.9. The maximum atomic E-state index is 11.9. The van der Waals surface area contributed by atoms with Crippen molar-refractivity contribution < 1.29 is 4.74 Å². The number of aromatic nitrogens is 4. The van der Waals surface area contributed by atoms with Crippen molar-refractivity contribution in [1.82, 2.24) is 19.1 Å². The molecule has 7 nitrogen and oxygen atoms in total. The first-order chi connectivity index (χ1) is 8.56. The lowest BCUT2D eigenvalue weighted by Gasteiger charge is -2.07. The Kier molecular flexibility index (Phi) is 3.14. The molecule has 7 heteroatoms. The van der Waals surface area contributed by atoms with Crippen LogP contribution in [0.3, 0.4) is 0 Å². The average molecular weight is 250 g/mol. The van der Waals surface area contributed by atoms with Crippen molar-refractivity contribution in [2.75, 3.05) is 6.61 Å². The highest BCUT2D eigenvalue weighted by Gasteiger charge is 2.11. The zero-order valence-electron chi connectivity index (χ0n) is 10.5. The van der Waals surface area contributed by atoms with Gasteiger partial charge in [-0.1, -0.05) is 6.92 Å². The highest BCUT2D eigenvalue weighted by molar-refractivity contribution is 5.68. The minimum atomic E-state index is -0.470. The highest BCUT2D eigenvalue weighted by Crippen LogP contribution is 2.08. The third kappa shape index (κ3) is 1.87. The summed E-state index contributed by atoms with van der Waals surface area (Å²) in [4.78, 5) is 31.8. The summed E-state index contributed by atoms with van der Waals surface area (Å²) in [5, 5.41) is 0. The summed E-state index contributed by atoms with van der Waals surface area (Å²) < 4.78 is 7.60. The number of nitrogens with zero attached hydrogens (tertiary/aromatic N) is 4. The average Bonchev–Trinajstić information content (AvgIpc) is 2.40. The molecule has 96 valence electrons. The second kappa shape index (κ2) is 4.59. The second-order valence-electron chi connectivity index (χ2n) is 3.93. The molecule has 0 N–H and O–H groups in total.